The first-order valence-corrected chi connectivity index (χ1v) is 7.27. The van der Waals surface area contributed by atoms with E-state index in [1.807, 2.05) is 0 Å². The Labute approximate surface area is 111 Å². The lowest BCUT2D eigenvalue weighted by Crippen LogP contribution is -2.26. The summed E-state index contributed by atoms with van der Waals surface area (Å²) in [5.41, 5.74) is 0.617. The Morgan fingerprint density at radius 1 is 1.53 bits per heavy atom. The summed E-state index contributed by atoms with van der Waals surface area (Å²) >= 11 is 0. The molecule has 1 rings (SSSR count). The van der Waals surface area contributed by atoms with Gasteiger partial charge in [-0.25, -0.2) is 18.1 Å². The quantitative estimate of drug-likeness (QED) is 0.716. The SMILES string of the molecule is COc1ncccc1CNS(=O)(=O)CCCC(=O)O. The molecule has 0 bridgehead atoms. The molecule has 0 aliphatic carbocycles. The van der Waals surface area contributed by atoms with E-state index >= 15 is 0 Å². The number of aromatic nitrogens is 1. The van der Waals surface area contributed by atoms with Gasteiger partial charge in [0.1, 0.15) is 0 Å². The van der Waals surface area contributed by atoms with Crippen molar-refractivity contribution in [3.05, 3.63) is 23.9 Å². The molecule has 0 atom stereocenters. The number of carbonyl (C=O) groups is 1. The van der Waals surface area contributed by atoms with Crippen molar-refractivity contribution in [2.75, 3.05) is 12.9 Å². The van der Waals surface area contributed by atoms with Crippen molar-refractivity contribution < 1.29 is 23.1 Å². The zero-order valence-electron chi connectivity index (χ0n) is 10.5. The van der Waals surface area contributed by atoms with Gasteiger partial charge in [0.2, 0.25) is 15.9 Å². The third-order valence-corrected chi connectivity index (χ3v) is 3.74. The maximum Gasteiger partial charge on any atom is 0.303 e. The highest BCUT2D eigenvalue weighted by Gasteiger charge is 2.12. The van der Waals surface area contributed by atoms with E-state index in [-0.39, 0.29) is 25.1 Å². The number of pyridine rings is 1. The molecule has 0 aromatic carbocycles. The second kappa shape index (κ2) is 7.05. The normalized spacial score (nSPS) is 11.2. The second-order valence-corrected chi connectivity index (χ2v) is 5.74. The predicted molar refractivity (Wildman–Crippen MR) is 68.3 cm³/mol. The molecule has 0 radical (unpaired) electrons. The molecular formula is C11H16N2O5S. The van der Waals surface area contributed by atoms with Gasteiger partial charge >= 0.3 is 5.97 Å². The number of nitrogens with zero attached hydrogens (tertiary/aromatic N) is 1. The molecule has 0 spiro atoms. The van der Waals surface area contributed by atoms with Gasteiger partial charge in [-0.2, -0.15) is 0 Å². The van der Waals surface area contributed by atoms with Crippen molar-refractivity contribution in [2.24, 2.45) is 0 Å². The smallest absolute Gasteiger partial charge is 0.303 e. The molecule has 2 N–H and O–H groups in total. The molecular weight excluding hydrogens is 272 g/mol. The van der Waals surface area contributed by atoms with Crippen LogP contribution in [-0.2, 0) is 21.4 Å². The van der Waals surface area contributed by atoms with Crippen molar-refractivity contribution >= 4 is 16.0 Å². The number of hydrogen-bond donors (Lipinski definition) is 2. The lowest BCUT2D eigenvalue weighted by molar-refractivity contribution is -0.137. The van der Waals surface area contributed by atoms with Crippen LogP contribution >= 0.6 is 0 Å². The van der Waals surface area contributed by atoms with Crippen LogP contribution in [0, 0.1) is 0 Å². The van der Waals surface area contributed by atoms with Crippen LogP contribution in [0.3, 0.4) is 0 Å². The van der Waals surface area contributed by atoms with Crippen molar-refractivity contribution in [2.45, 2.75) is 19.4 Å². The van der Waals surface area contributed by atoms with Gasteiger partial charge in [0.25, 0.3) is 0 Å². The fraction of sp³-hybridized carbons (Fsp3) is 0.455. The average molecular weight is 288 g/mol. The third kappa shape index (κ3) is 5.66. The van der Waals surface area contributed by atoms with Crippen LogP contribution in [0.5, 0.6) is 5.88 Å². The zero-order valence-corrected chi connectivity index (χ0v) is 11.3. The Hall–Kier alpha value is -1.67. The van der Waals surface area contributed by atoms with Crippen LogP contribution in [0.2, 0.25) is 0 Å². The highest BCUT2D eigenvalue weighted by atomic mass is 32.2. The largest absolute Gasteiger partial charge is 0.481 e. The van der Waals surface area contributed by atoms with Gasteiger partial charge < -0.3 is 9.84 Å². The van der Waals surface area contributed by atoms with Crippen molar-refractivity contribution in [1.82, 2.24) is 9.71 Å². The molecule has 0 aliphatic heterocycles. The predicted octanol–water partition coefficient (Wildman–Crippen LogP) is 0.374. The molecule has 19 heavy (non-hydrogen) atoms. The molecule has 1 aromatic rings. The molecule has 8 heteroatoms. The Morgan fingerprint density at radius 2 is 2.26 bits per heavy atom. The number of aliphatic carboxylic acids is 1. The van der Waals surface area contributed by atoms with E-state index in [0.717, 1.165) is 0 Å². The lowest BCUT2D eigenvalue weighted by Gasteiger charge is -2.08. The zero-order chi connectivity index (χ0) is 14.3. The molecule has 1 aromatic heterocycles. The molecule has 0 fully saturated rings. The molecule has 0 aliphatic rings. The fourth-order valence-electron chi connectivity index (χ4n) is 1.42. The number of ether oxygens (including phenoxy) is 1. The van der Waals surface area contributed by atoms with Crippen LogP contribution in [-0.4, -0.2) is 37.3 Å². The lowest BCUT2D eigenvalue weighted by atomic mass is 10.3. The molecule has 1 heterocycles. The summed E-state index contributed by atoms with van der Waals surface area (Å²) in [6.45, 7) is 0.0619. The van der Waals surface area contributed by atoms with Gasteiger partial charge in [0.15, 0.2) is 0 Å². The number of methoxy groups -OCH3 is 1. The highest BCUT2D eigenvalue weighted by Crippen LogP contribution is 2.13. The molecule has 0 saturated heterocycles. The summed E-state index contributed by atoms with van der Waals surface area (Å²) in [7, 11) is -2.05. The van der Waals surface area contributed by atoms with E-state index in [0.29, 0.717) is 11.4 Å². The van der Waals surface area contributed by atoms with E-state index in [4.69, 9.17) is 9.84 Å². The first-order valence-electron chi connectivity index (χ1n) is 5.61. The standard InChI is InChI=1S/C11H16N2O5S/c1-18-11-9(4-2-6-12-11)8-13-19(16,17)7-3-5-10(14)15/h2,4,6,13H,3,5,7-8H2,1H3,(H,14,15). The fourth-order valence-corrected chi connectivity index (χ4v) is 2.46. The van der Waals surface area contributed by atoms with Crippen LogP contribution in [0.1, 0.15) is 18.4 Å². The first-order chi connectivity index (χ1) is 8.94. The van der Waals surface area contributed by atoms with E-state index < -0.39 is 16.0 Å². The second-order valence-electron chi connectivity index (χ2n) is 3.81. The van der Waals surface area contributed by atoms with E-state index in [1.165, 1.54) is 7.11 Å². The summed E-state index contributed by atoms with van der Waals surface area (Å²) in [6, 6.07) is 3.38. The summed E-state index contributed by atoms with van der Waals surface area (Å²) < 4.78 is 30.6. The number of rotatable bonds is 8. The van der Waals surface area contributed by atoms with E-state index in [9.17, 15) is 13.2 Å². The van der Waals surface area contributed by atoms with Gasteiger partial charge in [0, 0.05) is 24.7 Å². The van der Waals surface area contributed by atoms with Gasteiger partial charge in [0.05, 0.1) is 12.9 Å². The molecule has 7 nitrogen and oxygen atoms in total. The number of carboxylic acid groups (broad SMARTS) is 1. The minimum atomic E-state index is -3.50. The van der Waals surface area contributed by atoms with Crippen molar-refractivity contribution in [3.63, 3.8) is 0 Å². The maximum absolute atomic E-state index is 11.6. The van der Waals surface area contributed by atoms with Gasteiger partial charge in [-0.15, -0.1) is 0 Å². The maximum atomic E-state index is 11.6. The van der Waals surface area contributed by atoms with Crippen LogP contribution in [0.4, 0.5) is 0 Å². The number of hydrogen-bond acceptors (Lipinski definition) is 5. The topological polar surface area (TPSA) is 106 Å². The van der Waals surface area contributed by atoms with Crippen LogP contribution in [0.25, 0.3) is 0 Å². The molecule has 0 amide bonds. The van der Waals surface area contributed by atoms with Crippen molar-refractivity contribution in [3.8, 4) is 5.88 Å². The Balaban J connectivity index is 2.53. The van der Waals surface area contributed by atoms with E-state index in [1.54, 1.807) is 18.3 Å². The summed E-state index contributed by atoms with van der Waals surface area (Å²) in [4.78, 5) is 14.3. The Morgan fingerprint density at radius 3 is 2.89 bits per heavy atom. The highest BCUT2D eigenvalue weighted by molar-refractivity contribution is 7.89. The number of sulfonamides is 1. The van der Waals surface area contributed by atoms with E-state index in [2.05, 4.69) is 9.71 Å². The van der Waals surface area contributed by atoms with Crippen LogP contribution in [0.15, 0.2) is 18.3 Å². The molecule has 0 unspecified atom stereocenters. The average Bonchev–Trinajstić information content (AvgIpc) is 2.36. The van der Waals surface area contributed by atoms with Crippen LogP contribution < -0.4 is 9.46 Å². The summed E-state index contributed by atoms with van der Waals surface area (Å²) in [6.07, 6.45) is 1.45. The Bertz CT molecular complexity index is 530. The van der Waals surface area contributed by atoms with Gasteiger partial charge in [-0.3, -0.25) is 4.79 Å². The minimum Gasteiger partial charge on any atom is -0.481 e. The first kappa shape index (κ1) is 15.4. The number of nitrogens with one attached hydrogen (secondary N) is 1. The minimum absolute atomic E-state index is 0.0619. The van der Waals surface area contributed by atoms with Gasteiger partial charge in [-0.05, 0) is 12.5 Å². The third-order valence-electron chi connectivity index (χ3n) is 2.33. The summed E-state index contributed by atoms with van der Waals surface area (Å²) in [5, 5.41) is 8.45. The Kier molecular flexibility index (Phi) is 5.71. The van der Waals surface area contributed by atoms with Crippen molar-refractivity contribution in [1.29, 1.82) is 0 Å². The number of carboxylic acids is 1. The van der Waals surface area contributed by atoms with Gasteiger partial charge in [-0.1, -0.05) is 6.07 Å². The summed E-state index contributed by atoms with van der Waals surface area (Å²) in [5.74, 6) is -0.873. The monoisotopic (exact) mass is 288 g/mol. The molecule has 106 valence electrons. The molecule has 0 saturated carbocycles.